The molecule has 0 fully saturated rings. The van der Waals surface area contributed by atoms with Gasteiger partial charge in [-0.25, -0.2) is 0 Å². The lowest BCUT2D eigenvalue weighted by Gasteiger charge is -2.16. The number of aliphatic carboxylic acids is 1. The number of hydrogen-bond donors (Lipinski definition) is 2. The van der Waals surface area contributed by atoms with Gasteiger partial charge in [0, 0.05) is 23.7 Å². The van der Waals surface area contributed by atoms with E-state index >= 15 is 0 Å². The first kappa shape index (κ1) is 14.1. The van der Waals surface area contributed by atoms with Crippen LogP contribution in [0.3, 0.4) is 0 Å². The molecule has 5 heteroatoms. The summed E-state index contributed by atoms with van der Waals surface area (Å²) in [5.74, 6) is -0.952. The van der Waals surface area contributed by atoms with Crippen LogP contribution in [-0.4, -0.2) is 21.7 Å². The highest BCUT2D eigenvalue weighted by molar-refractivity contribution is 5.93. The van der Waals surface area contributed by atoms with Crippen LogP contribution in [0.2, 0.25) is 0 Å². The van der Waals surface area contributed by atoms with E-state index < -0.39 is 12.0 Å². The average molecular weight is 274 g/mol. The van der Waals surface area contributed by atoms with Crippen LogP contribution in [-0.2, 0) is 11.3 Å². The van der Waals surface area contributed by atoms with Crippen molar-refractivity contribution in [1.82, 2.24) is 4.57 Å². The maximum atomic E-state index is 12.2. The van der Waals surface area contributed by atoms with Crippen LogP contribution in [0, 0.1) is 0 Å². The molecule has 0 aliphatic heterocycles. The van der Waals surface area contributed by atoms with Crippen molar-refractivity contribution in [1.29, 1.82) is 0 Å². The lowest BCUT2D eigenvalue weighted by Crippen LogP contribution is -2.27. The molecule has 1 unspecified atom stereocenters. The molecule has 0 spiro atoms. The van der Waals surface area contributed by atoms with E-state index in [4.69, 9.17) is 5.11 Å². The zero-order valence-corrected chi connectivity index (χ0v) is 11.6. The quantitative estimate of drug-likeness (QED) is 0.877. The highest BCUT2D eigenvalue weighted by Gasteiger charge is 2.14. The number of carbonyl (C=O) groups is 1. The molecular weight excluding hydrogens is 256 g/mol. The number of anilines is 1. The number of benzene rings is 1. The number of carboxylic acid groups (broad SMARTS) is 1. The van der Waals surface area contributed by atoms with Crippen LogP contribution in [0.5, 0.6) is 0 Å². The summed E-state index contributed by atoms with van der Waals surface area (Å²) in [5.41, 5.74) is 1.26. The molecule has 2 rings (SSSR count). The maximum Gasteiger partial charge on any atom is 0.325 e. The fourth-order valence-corrected chi connectivity index (χ4v) is 2.20. The lowest BCUT2D eigenvalue weighted by atomic mass is 10.1. The molecule has 2 N–H and O–H groups in total. The molecule has 0 saturated heterocycles. The van der Waals surface area contributed by atoms with E-state index in [1.165, 1.54) is 6.07 Å². The molecule has 0 radical (unpaired) electrons. The van der Waals surface area contributed by atoms with Crippen molar-refractivity contribution in [2.75, 3.05) is 5.32 Å². The second-order valence-electron chi connectivity index (χ2n) is 4.77. The highest BCUT2D eigenvalue weighted by Crippen LogP contribution is 2.22. The Morgan fingerprint density at radius 3 is 2.75 bits per heavy atom. The SMILES string of the molecule is CCCn1c(=O)cc(NC(C)C(=O)O)c2ccccc21. The predicted octanol–water partition coefficient (Wildman–Crippen LogP) is 2.30. The first-order valence-corrected chi connectivity index (χ1v) is 6.66. The van der Waals surface area contributed by atoms with Gasteiger partial charge in [0.15, 0.2) is 0 Å². The normalized spacial score (nSPS) is 12.3. The zero-order chi connectivity index (χ0) is 14.7. The molecule has 1 atom stereocenters. The van der Waals surface area contributed by atoms with Crippen LogP contribution in [0.25, 0.3) is 10.9 Å². The molecule has 0 aliphatic carbocycles. The number of pyridine rings is 1. The Bertz CT molecular complexity index is 691. The summed E-state index contributed by atoms with van der Waals surface area (Å²) in [4.78, 5) is 23.1. The van der Waals surface area contributed by atoms with Crippen LogP contribution in [0.1, 0.15) is 20.3 Å². The Hall–Kier alpha value is -2.30. The minimum absolute atomic E-state index is 0.120. The Labute approximate surface area is 116 Å². The summed E-state index contributed by atoms with van der Waals surface area (Å²) >= 11 is 0. The number of aromatic nitrogens is 1. The molecule has 1 aromatic heterocycles. The Balaban J connectivity index is 2.60. The summed E-state index contributed by atoms with van der Waals surface area (Å²) in [6.45, 7) is 4.21. The van der Waals surface area contributed by atoms with Crippen molar-refractivity contribution in [2.45, 2.75) is 32.9 Å². The van der Waals surface area contributed by atoms with Crippen LogP contribution in [0.15, 0.2) is 35.1 Å². The summed E-state index contributed by atoms with van der Waals surface area (Å²) < 4.78 is 1.71. The molecule has 0 aliphatic rings. The molecule has 1 heterocycles. The number of nitrogens with one attached hydrogen (secondary N) is 1. The van der Waals surface area contributed by atoms with Gasteiger partial charge in [-0.15, -0.1) is 0 Å². The first-order valence-electron chi connectivity index (χ1n) is 6.66. The van der Waals surface area contributed by atoms with Crippen molar-refractivity contribution in [3.63, 3.8) is 0 Å². The van der Waals surface area contributed by atoms with Crippen molar-refractivity contribution in [3.8, 4) is 0 Å². The third-order valence-corrected chi connectivity index (χ3v) is 3.21. The van der Waals surface area contributed by atoms with Gasteiger partial charge in [0.2, 0.25) is 0 Å². The van der Waals surface area contributed by atoms with Gasteiger partial charge in [-0.2, -0.15) is 0 Å². The highest BCUT2D eigenvalue weighted by atomic mass is 16.4. The summed E-state index contributed by atoms with van der Waals surface area (Å²) in [7, 11) is 0. The number of aryl methyl sites for hydroxylation is 1. The molecule has 1 aromatic carbocycles. The van der Waals surface area contributed by atoms with Gasteiger partial charge in [-0.1, -0.05) is 25.1 Å². The Morgan fingerprint density at radius 1 is 1.40 bits per heavy atom. The van der Waals surface area contributed by atoms with Gasteiger partial charge in [0.05, 0.1) is 5.52 Å². The van der Waals surface area contributed by atoms with Gasteiger partial charge in [0.1, 0.15) is 6.04 Å². The van der Waals surface area contributed by atoms with E-state index in [0.29, 0.717) is 12.2 Å². The molecule has 0 amide bonds. The largest absolute Gasteiger partial charge is 0.480 e. The number of para-hydroxylation sites is 1. The van der Waals surface area contributed by atoms with Crippen LogP contribution < -0.4 is 10.9 Å². The van der Waals surface area contributed by atoms with Gasteiger partial charge < -0.3 is 15.0 Å². The average Bonchev–Trinajstić information content (AvgIpc) is 2.43. The first-order chi connectivity index (χ1) is 9.54. The van der Waals surface area contributed by atoms with E-state index in [2.05, 4.69) is 5.32 Å². The monoisotopic (exact) mass is 274 g/mol. The number of carboxylic acids is 1. The van der Waals surface area contributed by atoms with E-state index in [0.717, 1.165) is 17.3 Å². The van der Waals surface area contributed by atoms with Crippen LogP contribution >= 0.6 is 0 Å². The standard InChI is InChI=1S/C15H18N2O3/c1-3-8-17-13-7-5-4-6-11(13)12(9-14(17)18)16-10(2)15(19)20/h4-7,9-10,16H,3,8H2,1-2H3,(H,19,20). The van der Waals surface area contributed by atoms with Crippen molar-refractivity contribution in [2.24, 2.45) is 0 Å². The second-order valence-corrected chi connectivity index (χ2v) is 4.77. The zero-order valence-electron chi connectivity index (χ0n) is 11.6. The number of fused-ring (bicyclic) bond motifs is 1. The number of hydrogen-bond acceptors (Lipinski definition) is 3. The minimum Gasteiger partial charge on any atom is -0.480 e. The predicted molar refractivity (Wildman–Crippen MR) is 79.2 cm³/mol. The lowest BCUT2D eigenvalue weighted by molar-refractivity contribution is -0.137. The molecule has 2 aromatic rings. The number of rotatable bonds is 5. The van der Waals surface area contributed by atoms with Crippen molar-refractivity contribution in [3.05, 3.63) is 40.7 Å². The van der Waals surface area contributed by atoms with Gasteiger partial charge in [0.25, 0.3) is 5.56 Å². The molecule has 0 saturated carbocycles. The third-order valence-electron chi connectivity index (χ3n) is 3.21. The molecular formula is C15H18N2O3. The number of nitrogens with zero attached hydrogens (tertiary/aromatic N) is 1. The molecule has 20 heavy (non-hydrogen) atoms. The second kappa shape index (κ2) is 5.77. The summed E-state index contributed by atoms with van der Waals surface area (Å²) in [6, 6.07) is 8.23. The summed E-state index contributed by atoms with van der Waals surface area (Å²) in [6.07, 6.45) is 0.863. The third kappa shape index (κ3) is 2.66. The fourth-order valence-electron chi connectivity index (χ4n) is 2.20. The smallest absolute Gasteiger partial charge is 0.325 e. The minimum atomic E-state index is -0.952. The Kier molecular flexibility index (Phi) is 4.08. The maximum absolute atomic E-state index is 12.2. The van der Waals surface area contributed by atoms with E-state index in [9.17, 15) is 9.59 Å². The van der Waals surface area contributed by atoms with Gasteiger partial charge >= 0.3 is 5.97 Å². The topological polar surface area (TPSA) is 71.3 Å². The molecule has 106 valence electrons. The van der Waals surface area contributed by atoms with Gasteiger partial charge in [-0.05, 0) is 19.4 Å². The Morgan fingerprint density at radius 2 is 2.10 bits per heavy atom. The van der Waals surface area contributed by atoms with E-state index in [1.54, 1.807) is 11.5 Å². The summed E-state index contributed by atoms with van der Waals surface area (Å²) in [5, 5.41) is 12.7. The van der Waals surface area contributed by atoms with Crippen LogP contribution in [0.4, 0.5) is 5.69 Å². The van der Waals surface area contributed by atoms with Crippen molar-refractivity contribution < 1.29 is 9.90 Å². The van der Waals surface area contributed by atoms with E-state index in [1.807, 2.05) is 31.2 Å². The van der Waals surface area contributed by atoms with E-state index in [-0.39, 0.29) is 5.56 Å². The fraction of sp³-hybridized carbons (Fsp3) is 0.333. The van der Waals surface area contributed by atoms with Gasteiger partial charge in [-0.3, -0.25) is 9.59 Å². The molecule has 0 bridgehead atoms. The van der Waals surface area contributed by atoms with Crippen molar-refractivity contribution >= 4 is 22.6 Å². The molecule has 5 nitrogen and oxygen atoms in total.